The standard InChI is InChI=1S/C11H11NO3/c1-14-10-5-8(3-4-12)9(7-13)6-11(10)15-2/h5-7H,3H2,1-2H3. The van der Waals surface area contributed by atoms with Crippen molar-refractivity contribution in [1.82, 2.24) is 0 Å². The number of methoxy groups -OCH3 is 2. The molecule has 0 saturated heterocycles. The average Bonchev–Trinajstić information content (AvgIpc) is 2.28. The number of carbonyl (C=O) groups excluding carboxylic acids is 1. The highest BCUT2D eigenvalue weighted by Gasteiger charge is 2.10. The van der Waals surface area contributed by atoms with Gasteiger partial charge in [-0.1, -0.05) is 0 Å². The SMILES string of the molecule is COc1cc(C=O)c(CC#N)cc1OC. The molecule has 1 aromatic carbocycles. The van der Waals surface area contributed by atoms with Crippen LogP contribution in [-0.4, -0.2) is 20.5 Å². The summed E-state index contributed by atoms with van der Waals surface area (Å²) >= 11 is 0. The minimum Gasteiger partial charge on any atom is -0.493 e. The van der Waals surface area contributed by atoms with Crippen molar-refractivity contribution in [3.8, 4) is 17.6 Å². The van der Waals surface area contributed by atoms with Crippen molar-refractivity contribution in [3.05, 3.63) is 23.3 Å². The Hall–Kier alpha value is -2.02. The third kappa shape index (κ3) is 2.26. The zero-order chi connectivity index (χ0) is 11.3. The van der Waals surface area contributed by atoms with Crippen molar-refractivity contribution in [2.45, 2.75) is 6.42 Å². The summed E-state index contributed by atoms with van der Waals surface area (Å²) in [6.45, 7) is 0. The summed E-state index contributed by atoms with van der Waals surface area (Å²) in [5.41, 5.74) is 1.10. The lowest BCUT2D eigenvalue weighted by molar-refractivity contribution is 0.112. The van der Waals surface area contributed by atoms with Crippen molar-refractivity contribution in [2.75, 3.05) is 14.2 Å². The number of nitriles is 1. The second-order valence-electron chi connectivity index (χ2n) is 2.86. The topological polar surface area (TPSA) is 59.3 Å². The van der Waals surface area contributed by atoms with E-state index in [1.807, 2.05) is 6.07 Å². The number of rotatable bonds is 4. The molecule has 1 rings (SSSR count). The molecule has 15 heavy (non-hydrogen) atoms. The van der Waals surface area contributed by atoms with Crippen LogP contribution < -0.4 is 9.47 Å². The van der Waals surface area contributed by atoms with Crippen LogP contribution in [0.5, 0.6) is 11.5 Å². The van der Waals surface area contributed by atoms with Gasteiger partial charge in [0.25, 0.3) is 0 Å². The van der Waals surface area contributed by atoms with E-state index in [1.165, 1.54) is 14.2 Å². The van der Waals surface area contributed by atoms with Crippen molar-refractivity contribution in [1.29, 1.82) is 5.26 Å². The summed E-state index contributed by atoms with van der Waals surface area (Å²) in [5.74, 6) is 1.01. The van der Waals surface area contributed by atoms with Gasteiger partial charge in [0.15, 0.2) is 17.8 Å². The molecule has 0 unspecified atom stereocenters. The van der Waals surface area contributed by atoms with Gasteiger partial charge in [-0.05, 0) is 17.7 Å². The van der Waals surface area contributed by atoms with Gasteiger partial charge in [0.05, 0.1) is 26.7 Å². The van der Waals surface area contributed by atoms with Crippen LogP contribution in [0, 0.1) is 11.3 Å². The van der Waals surface area contributed by atoms with Gasteiger partial charge in [-0.3, -0.25) is 4.79 Å². The van der Waals surface area contributed by atoms with Crippen LogP contribution in [0.2, 0.25) is 0 Å². The molecule has 0 amide bonds. The fourth-order valence-electron chi connectivity index (χ4n) is 1.28. The third-order valence-electron chi connectivity index (χ3n) is 2.04. The predicted octanol–water partition coefficient (Wildman–Crippen LogP) is 1.58. The number of ether oxygens (including phenoxy) is 2. The summed E-state index contributed by atoms with van der Waals surface area (Å²) in [6.07, 6.45) is 0.878. The molecular formula is C11H11NO3. The monoisotopic (exact) mass is 205 g/mol. The van der Waals surface area contributed by atoms with E-state index < -0.39 is 0 Å². The quantitative estimate of drug-likeness (QED) is 0.700. The van der Waals surface area contributed by atoms with E-state index in [9.17, 15) is 4.79 Å². The zero-order valence-electron chi connectivity index (χ0n) is 8.61. The van der Waals surface area contributed by atoms with E-state index in [2.05, 4.69) is 0 Å². The molecule has 4 heteroatoms. The first-order valence-electron chi connectivity index (χ1n) is 4.33. The molecule has 4 nitrogen and oxygen atoms in total. The highest BCUT2D eigenvalue weighted by Crippen LogP contribution is 2.30. The van der Waals surface area contributed by atoms with E-state index in [4.69, 9.17) is 14.7 Å². The molecule has 0 heterocycles. The fourth-order valence-corrected chi connectivity index (χ4v) is 1.28. The summed E-state index contributed by atoms with van der Waals surface area (Å²) in [7, 11) is 3.00. The molecule has 0 bridgehead atoms. The summed E-state index contributed by atoms with van der Waals surface area (Å²) in [6, 6.07) is 5.20. The van der Waals surface area contributed by atoms with Crippen LogP contribution in [-0.2, 0) is 6.42 Å². The molecule has 0 N–H and O–H groups in total. The van der Waals surface area contributed by atoms with E-state index in [0.717, 1.165) is 0 Å². The van der Waals surface area contributed by atoms with Gasteiger partial charge in [-0.15, -0.1) is 0 Å². The Bertz CT molecular complexity index is 407. The van der Waals surface area contributed by atoms with Gasteiger partial charge in [-0.25, -0.2) is 0 Å². The minimum absolute atomic E-state index is 0.175. The lowest BCUT2D eigenvalue weighted by atomic mass is 10.1. The second-order valence-corrected chi connectivity index (χ2v) is 2.86. The number of hydrogen-bond donors (Lipinski definition) is 0. The summed E-state index contributed by atoms with van der Waals surface area (Å²) in [5, 5.41) is 8.59. The van der Waals surface area contributed by atoms with Gasteiger partial charge < -0.3 is 9.47 Å². The molecule has 1 aromatic rings. The number of carbonyl (C=O) groups is 1. The first kappa shape index (κ1) is 11.1. The molecule has 0 fully saturated rings. The van der Waals surface area contributed by atoms with Gasteiger partial charge >= 0.3 is 0 Å². The van der Waals surface area contributed by atoms with Crippen LogP contribution in [0.25, 0.3) is 0 Å². The van der Waals surface area contributed by atoms with Gasteiger partial charge in [-0.2, -0.15) is 5.26 Å². The highest BCUT2D eigenvalue weighted by molar-refractivity contribution is 5.79. The largest absolute Gasteiger partial charge is 0.493 e. The molecule has 0 aliphatic rings. The number of hydrogen-bond acceptors (Lipinski definition) is 4. The maximum absolute atomic E-state index is 10.8. The second kappa shape index (κ2) is 5.01. The van der Waals surface area contributed by atoms with Gasteiger partial charge in [0.2, 0.25) is 0 Å². The van der Waals surface area contributed by atoms with Crippen LogP contribution in [0.15, 0.2) is 12.1 Å². The minimum atomic E-state index is 0.175. The smallest absolute Gasteiger partial charge is 0.161 e. The maximum atomic E-state index is 10.8. The van der Waals surface area contributed by atoms with Crippen LogP contribution in [0.3, 0.4) is 0 Å². The Labute approximate surface area is 88.0 Å². The number of aldehydes is 1. The van der Waals surface area contributed by atoms with E-state index in [0.29, 0.717) is 28.9 Å². The summed E-state index contributed by atoms with van der Waals surface area (Å²) in [4.78, 5) is 10.8. The Morgan fingerprint density at radius 1 is 1.33 bits per heavy atom. The van der Waals surface area contributed by atoms with Crippen molar-refractivity contribution in [3.63, 3.8) is 0 Å². The van der Waals surface area contributed by atoms with E-state index in [1.54, 1.807) is 12.1 Å². The summed E-state index contributed by atoms with van der Waals surface area (Å²) < 4.78 is 10.1. The maximum Gasteiger partial charge on any atom is 0.161 e. The van der Waals surface area contributed by atoms with E-state index in [-0.39, 0.29) is 6.42 Å². The first-order chi connectivity index (χ1) is 7.26. The van der Waals surface area contributed by atoms with Gasteiger partial charge in [0, 0.05) is 5.56 Å². The molecule has 0 aromatic heterocycles. The van der Waals surface area contributed by atoms with Crippen LogP contribution in [0.1, 0.15) is 15.9 Å². The molecule has 0 aliphatic heterocycles. The normalized spacial score (nSPS) is 9.13. The third-order valence-corrected chi connectivity index (χ3v) is 2.04. The molecular weight excluding hydrogens is 194 g/mol. The van der Waals surface area contributed by atoms with Crippen molar-refractivity contribution in [2.24, 2.45) is 0 Å². The Morgan fingerprint density at radius 2 is 1.93 bits per heavy atom. The average molecular weight is 205 g/mol. The van der Waals surface area contributed by atoms with Crippen LogP contribution in [0.4, 0.5) is 0 Å². The molecule has 0 radical (unpaired) electrons. The van der Waals surface area contributed by atoms with Crippen LogP contribution >= 0.6 is 0 Å². The lowest BCUT2D eigenvalue weighted by Gasteiger charge is -2.10. The zero-order valence-corrected chi connectivity index (χ0v) is 8.61. The number of benzene rings is 1. The van der Waals surface area contributed by atoms with Crippen molar-refractivity contribution >= 4 is 6.29 Å². The van der Waals surface area contributed by atoms with Gasteiger partial charge in [0.1, 0.15) is 0 Å². The Balaban J connectivity index is 3.28. The lowest BCUT2D eigenvalue weighted by Crippen LogP contribution is -1.97. The molecule has 0 spiro atoms. The Morgan fingerprint density at radius 3 is 2.40 bits per heavy atom. The predicted molar refractivity (Wildman–Crippen MR) is 54.3 cm³/mol. The molecule has 0 saturated carbocycles. The molecule has 78 valence electrons. The first-order valence-corrected chi connectivity index (χ1v) is 4.33. The molecule has 0 aliphatic carbocycles. The van der Waals surface area contributed by atoms with Crippen molar-refractivity contribution < 1.29 is 14.3 Å². The molecule has 0 atom stereocenters. The Kier molecular flexibility index (Phi) is 3.69. The number of nitrogens with zero attached hydrogens (tertiary/aromatic N) is 1. The fraction of sp³-hybridized carbons (Fsp3) is 0.273. The highest BCUT2D eigenvalue weighted by atomic mass is 16.5. The van der Waals surface area contributed by atoms with E-state index >= 15 is 0 Å².